The van der Waals surface area contributed by atoms with Gasteiger partial charge < -0.3 is 10.0 Å². The molecule has 1 N–H and O–H groups in total. The van der Waals surface area contributed by atoms with E-state index in [0.29, 0.717) is 13.1 Å². The van der Waals surface area contributed by atoms with E-state index >= 15 is 0 Å². The van der Waals surface area contributed by atoms with Gasteiger partial charge in [0, 0.05) is 11.4 Å². The Morgan fingerprint density at radius 2 is 2.16 bits per heavy atom. The Balaban J connectivity index is 1.92. The largest absolute Gasteiger partial charge is 0.389 e. The first-order chi connectivity index (χ1) is 9.13. The number of carbonyl (C=O) groups is 1. The van der Waals surface area contributed by atoms with Gasteiger partial charge in [0.05, 0.1) is 18.6 Å². The second kappa shape index (κ2) is 6.53. The molecular formula is C15H23NO2S. The van der Waals surface area contributed by atoms with Gasteiger partial charge in [-0.05, 0) is 31.2 Å². The summed E-state index contributed by atoms with van der Waals surface area (Å²) in [6, 6.07) is 4.06. The maximum atomic E-state index is 12.3. The highest BCUT2D eigenvalue weighted by Crippen LogP contribution is 2.31. The molecule has 1 aliphatic carbocycles. The highest BCUT2D eigenvalue weighted by Gasteiger charge is 2.33. The number of carbonyl (C=O) groups excluding carboxylic acids is 1. The van der Waals surface area contributed by atoms with Crippen molar-refractivity contribution in [2.75, 3.05) is 6.54 Å². The molecule has 2 rings (SSSR count). The summed E-state index contributed by atoms with van der Waals surface area (Å²) in [5.74, 6) is 0.0836. The van der Waals surface area contributed by atoms with Crippen molar-refractivity contribution < 1.29 is 9.90 Å². The van der Waals surface area contributed by atoms with Crippen LogP contribution in [0.4, 0.5) is 0 Å². The van der Waals surface area contributed by atoms with Crippen LogP contribution >= 0.6 is 11.3 Å². The van der Waals surface area contributed by atoms with Crippen LogP contribution in [-0.4, -0.2) is 28.1 Å². The molecule has 1 saturated carbocycles. The van der Waals surface area contributed by atoms with Crippen LogP contribution in [0.1, 0.15) is 50.3 Å². The zero-order valence-electron chi connectivity index (χ0n) is 11.6. The zero-order valence-corrected chi connectivity index (χ0v) is 12.4. The molecule has 106 valence electrons. The van der Waals surface area contributed by atoms with Crippen LogP contribution in [0.15, 0.2) is 17.5 Å². The third-order valence-electron chi connectivity index (χ3n) is 3.93. The van der Waals surface area contributed by atoms with Gasteiger partial charge in [0.2, 0.25) is 5.91 Å². The summed E-state index contributed by atoms with van der Waals surface area (Å²) in [5.41, 5.74) is -0.752. The Morgan fingerprint density at radius 3 is 2.74 bits per heavy atom. The van der Waals surface area contributed by atoms with E-state index in [1.54, 1.807) is 11.3 Å². The molecule has 0 radical (unpaired) electrons. The number of amides is 1. The van der Waals surface area contributed by atoms with E-state index in [1.165, 1.54) is 11.3 Å². The Hall–Kier alpha value is -0.870. The Labute approximate surface area is 119 Å². The van der Waals surface area contributed by atoms with Crippen LogP contribution in [0.5, 0.6) is 0 Å². The number of nitrogens with zero attached hydrogens (tertiary/aromatic N) is 1. The third kappa shape index (κ3) is 4.05. The van der Waals surface area contributed by atoms with Gasteiger partial charge in [0.1, 0.15) is 0 Å². The van der Waals surface area contributed by atoms with Crippen LogP contribution < -0.4 is 0 Å². The standard InChI is InChI=1S/C15H23NO2S/c1-2-16(12-13-7-6-10-19-13)14(17)11-15(18)8-4-3-5-9-15/h6-7,10,18H,2-5,8-9,11-12H2,1H3. The first-order valence-electron chi connectivity index (χ1n) is 7.15. The lowest BCUT2D eigenvalue weighted by molar-refractivity contribution is -0.138. The maximum absolute atomic E-state index is 12.3. The molecule has 0 bridgehead atoms. The van der Waals surface area contributed by atoms with Crippen molar-refractivity contribution in [3.8, 4) is 0 Å². The van der Waals surface area contributed by atoms with Crippen LogP contribution in [0.3, 0.4) is 0 Å². The number of thiophene rings is 1. The first-order valence-corrected chi connectivity index (χ1v) is 8.03. The molecule has 1 heterocycles. The molecule has 0 aliphatic heterocycles. The lowest BCUT2D eigenvalue weighted by atomic mass is 9.82. The van der Waals surface area contributed by atoms with Gasteiger partial charge in [0.25, 0.3) is 0 Å². The van der Waals surface area contributed by atoms with Gasteiger partial charge in [0.15, 0.2) is 0 Å². The highest BCUT2D eigenvalue weighted by molar-refractivity contribution is 7.09. The van der Waals surface area contributed by atoms with Gasteiger partial charge in [-0.25, -0.2) is 0 Å². The van der Waals surface area contributed by atoms with E-state index in [1.807, 2.05) is 23.3 Å². The molecular weight excluding hydrogens is 258 g/mol. The minimum atomic E-state index is -0.752. The van der Waals surface area contributed by atoms with Crippen molar-refractivity contribution >= 4 is 17.2 Å². The second-order valence-corrected chi connectivity index (χ2v) is 6.48. The average molecular weight is 281 g/mol. The van der Waals surface area contributed by atoms with Crippen molar-refractivity contribution in [1.29, 1.82) is 0 Å². The Morgan fingerprint density at radius 1 is 1.42 bits per heavy atom. The van der Waals surface area contributed by atoms with Crippen LogP contribution in [0, 0.1) is 0 Å². The van der Waals surface area contributed by atoms with Gasteiger partial charge in [-0.2, -0.15) is 0 Å². The molecule has 3 nitrogen and oxygen atoms in total. The summed E-state index contributed by atoms with van der Waals surface area (Å²) in [5, 5.41) is 12.5. The van der Waals surface area contributed by atoms with Crippen molar-refractivity contribution in [3.05, 3.63) is 22.4 Å². The molecule has 1 fully saturated rings. The monoisotopic (exact) mass is 281 g/mol. The van der Waals surface area contributed by atoms with Gasteiger partial charge in [-0.1, -0.05) is 25.3 Å². The fourth-order valence-electron chi connectivity index (χ4n) is 2.75. The molecule has 1 amide bonds. The first kappa shape index (κ1) is 14.5. The molecule has 0 atom stereocenters. The predicted octanol–water partition coefficient (Wildman–Crippen LogP) is 3.18. The SMILES string of the molecule is CCN(Cc1cccs1)C(=O)CC1(O)CCCCC1. The van der Waals surface area contributed by atoms with E-state index in [-0.39, 0.29) is 12.3 Å². The molecule has 4 heteroatoms. The molecule has 0 aromatic carbocycles. The van der Waals surface area contributed by atoms with Crippen molar-refractivity contribution in [1.82, 2.24) is 4.90 Å². The number of hydrogen-bond acceptors (Lipinski definition) is 3. The van der Waals surface area contributed by atoms with Crippen molar-refractivity contribution in [3.63, 3.8) is 0 Å². The predicted molar refractivity (Wildman–Crippen MR) is 78.1 cm³/mol. The quantitative estimate of drug-likeness (QED) is 0.900. The molecule has 1 aliphatic rings. The van der Waals surface area contributed by atoms with E-state index < -0.39 is 5.60 Å². The van der Waals surface area contributed by atoms with Gasteiger partial charge >= 0.3 is 0 Å². The number of aliphatic hydroxyl groups is 1. The maximum Gasteiger partial charge on any atom is 0.225 e. The third-order valence-corrected chi connectivity index (χ3v) is 4.79. The highest BCUT2D eigenvalue weighted by atomic mass is 32.1. The smallest absolute Gasteiger partial charge is 0.225 e. The summed E-state index contributed by atoms with van der Waals surface area (Å²) in [7, 11) is 0. The lowest BCUT2D eigenvalue weighted by Crippen LogP contribution is -2.40. The van der Waals surface area contributed by atoms with Gasteiger partial charge in [-0.3, -0.25) is 4.79 Å². The zero-order chi connectivity index (χ0) is 13.7. The summed E-state index contributed by atoms with van der Waals surface area (Å²) >= 11 is 1.67. The molecule has 19 heavy (non-hydrogen) atoms. The number of rotatable bonds is 5. The van der Waals surface area contributed by atoms with Crippen LogP contribution in [0.2, 0.25) is 0 Å². The van der Waals surface area contributed by atoms with Crippen molar-refractivity contribution in [2.24, 2.45) is 0 Å². The molecule has 1 aromatic rings. The van der Waals surface area contributed by atoms with Crippen molar-refractivity contribution in [2.45, 2.75) is 57.6 Å². The minimum Gasteiger partial charge on any atom is -0.389 e. The fraction of sp³-hybridized carbons (Fsp3) is 0.667. The van der Waals surface area contributed by atoms with E-state index in [2.05, 4.69) is 6.07 Å². The summed E-state index contributed by atoms with van der Waals surface area (Å²) in [6.45, 7) is 3.37. The molecule has 0 saturated heterocycles. The van der Waals surface area contributed by atoms with E-state index in [9.17, 15) is 9.90 Å². The summed E-state index contributed by atoms with van der Waals surface area (Å²) < 4.78 is 0. The van der Waals surface area contributed by atoms with E-state index in [0.717, 1.165) is 25.7 Å². The fourth-order valence-corrected chi connectivity index (χ4v) is 3.47. The summed E-state index contributed by atoms with van der Waals surface area (Å²) in [6.07, 6.45) is 5.10. The summed E-state index contributed by atoms with van der Waals surface area (Å²) in [4.78, 5) is 15.4. The van der Waals surface area contributed by atoms with E-state index in [4.69, 9.17) is 0 Å². The normalized spacial score (nSPS) is 18.2. The lowest BCUT2D eigenvalue weighted by Gasteiger charge is -2.33. The average Bonchev–Trinajstić information content (AvgIpc) is 2.89. The minimum absolute atomic E-state index is 0.0836. The van der Waals surface area contributed by atoms with Crippen LogP contribution in [-0.2, 0) is 11.3 Å². The molecule has 0 spiro atoms. The second-order valence-electron chi connectivity index (χ2n) is 5.45. The number of hydrogen-bond donors (Lipinski definition) is 1. The molecule has 1 aromatic heterocycles. The Bertz CT molecular complexity index is 396. The molecule has 0 unspecified atom stereocenters. The topological polar surface area (TPSA) is 40.5 Å². The van der Waals surface area contributed by atoms with Crippen LogP contribution in [0.25, 0.3) is 0 Å². The van der Waals surface area contributed by atoms with Gasteiger partial charge in [-0.15, -0.1) is 11.3 Å². The Kier molecular flexibility index (Phi) is 4.99.